The molecule has 1 aromatic heterocycles. The monoisotopic (exact) mass is 502 g/mol. The van der Waals surface area contributed by atoms with Gasteiger partial charge < -0.3 is 8.92 Å². The molecule has 2 aromatic rings. The summed E-state index contributed by atoms with van der Waals surface area (Å²) in [5, 5.41) is 4.07. The van der Waals surface area contributed by atoms with Crippen molar-refractivity contribution < 1.29 is 34.9 Å². The summed E-state index contributed by atoms with van der Waals surface area (Å²) in [5.74, 6) is -1.12. The van der Waals surface area contributed by atoms with Crippen LogP contribution >= 0.6 is 0 Å². The Balaban J connectivity index is 2.10. The highest BCUT2D eigenvalue weighted by atomic mass is 32.2. The van der Waals surface area contributed by atoms with Gasteiger partial charge in [-0.25, -0.2) is 17.5 Å². The summed E-state index contributed by atoms with van der Waals surface area (Å²) in [5.41, 5.74) is 0.799. The molecule has 0 aliphatic carbocycles. The van der Waals surface area contributed by atoms with E-state index in [1.54, 1.807) is 20.8 Å². The lowest BCUT2D eigenvalue weighted by Gasteiger charge is -2.28. The lowest BCUT2D eigenvalue weighted by atomic mass is 9.93. The van der Waals surface area contributed by atoms with Crippen LogP contribution in [0.3, 0.4) is 0 Å². The van der Waals surface area contributed by atoms with Crippen LogP contribution in [0.5, 0.6) is 5.88 Å². The van der Waals surface area contributed by atoms with Crippen LogP contribution < -0.4 is 4.18 Å². The third-order valence-corrected chi connectivity index (χ3v) is 8.54. The van der Waals surface area contributed by atoms with Crippen molar-refractivity contribution in [3.63, 3.8) is 0 Å². The Bertz CT molecular complexity index is 1250. The van der Waals surface area contributed by atoms with Gasteiger partial charge in [-0.1, -0.05) is 6.92 Å². The van der Waals surface area contributed by atoms with Gasteiger partial charge in [0.2, 0.25) is 5.88 Å². The van der Waals surface area contributed by atoms with E-state index in [-0.39, 0.29) is 53.0 Å². The van der Waals surface area contributed by atoms with Crippen LogP contribution in [0.1, 0.15) is 59.8 Å². The Morgan fingerprint density at radius 2 is 2.00 bits per heavy atom. The van der Waals surface area contributed by atoms with E-state index in [1.165, 1.54) is 23.0 Å². The number of alkyl halides is 1. The first-order valence-corrected chi connectivity index (χ1v) is 13.9. The van der Waals surface area contributed by atoms with Gasteiger partial charge in [0.05, 0.1) is 35.3 Å². The smallest absolute Gasteiger partial charge is 0.310 e. The minimum atomic E-state index is -3.93. The fraction of sp³-hybridized carbons (Fsp3) is 0.524. The molecular weight excluding hydrogens is 475 g/mol. The number of hydrogen-bond acceptors (Lipinski definition) is 8. The predicted molar refractivity (Wildman–Crippen MR) is 119 cm³/mol. The molecule has 1 aromatic carbocycles. The number of carbonyl (C=O) groups excluding carboxylic acids is 1. The Labute approximate surface area is 192 Å². The largest absolute Gasteiger partial charge is 0.371 e. The maximum atomic E-state index is 13.5. The van der Waals surface area contributed by atoms with E-state index < -0.39 is 38.5 Å². The van der Waals surface area contributed by atoms with Gasteiger partial charge in [-0.3, -0.25) is 4.79 Å². The van der Waals surface area contributed by atoms with Crippen LogP contribution in [0, 0.1) is 6.92 Å². The summed E-state index contributed by atoms with van der Waals surface area (Å²) in [6, 6.07) is 2.73. The number of rotatable bonds is 10. The van der Waals surface area contributed by atoms with E-state index in [9.17, 15) is 26.0 Å². The molecule has 182 valence electrons. The summed E-state index contributed by atoms with van der Waals surface area (Å²) in [6.07, 6.45) is 1.04. The molecule has 0 saturated carbocycles. The second kappa shape index (κ2) is 9.90. The Kier molecular flexibility index (Phi) is 7.59. The maximum Gasteiger partial charge on any atom is 0.310 e. The topological polar surface area (TPSA) is 122 Å². The predicted octanol–water partition coefficient (Wildman–Crippen LogP) is 2.77. The first-order chi connectivity index (χ1) is 15.6. The number of aryl methyl sites for hydroxylation is 1. The van der Waals surface area contributed by atoms with Crippen molar-refractivity contribution >= 4 is 25.7 Å². The molecule has 12 heteroatoms. The number of aromatic nitrogens is 2. The lowest BCUT2D eigenvalue weighted by molar-refractivity contribution is 0.0380. The summed E-state index contributed by atoms with van der Waals surface area (Å²) < 4.78 is 74.5. The van der Waals surface area contributed by atoms with E-state index in [1.807, 2.05) is 0 Å². The SMILES string of the molecule is CCCS(=O)(=O)Oc1c(C(=O)c2ccc3c(c2C)C(OCCF)CCS3(=O)=O)cnn1CC. The number of nitrogens with zero attached hydrogens (tertiary/aromatic N) is 2. The minimum Gasteiger partial charge on any atom is -0.371 e. The molecule has 2 heterocycles. The molecule has 0 spiro atoms. The van der Waals surface area contributed by atoms with Crippen molar-refractivity contribution in [1.82, 2.24) is 9.78 Å². The van der Waals surface area contributed by atoms with Gasteiger partial charge >= 0.3 is 10.1 Å². The standard InChI is InChI=1S/C21H27FN2O7S2/c1-4-11-33(28,29)31-21-16(13-23-24(21)5-2)20(25)15-6-7-18-19(14(15)3)17(30-10-9-22)8-12-32(18,26)27/h6-7,13,17H,4-5,8-12H2,1-3H3. The van der Waals surface area contributed by atoms with Crippen LogP contribution in [0.4, 0.5) is 4.39 Å². The van der Waals surface area contributed by atoms with E-state index in [2.05, 4.69) is 5.10 Å². The van der Waals surface area contributed by atoms with Crippen LogP contribution in [-0.2, 0) is 31.2 Å². The third kappa shape index (κ3) is 5.12. The average Bonchev–Trinajstić information content (AvgIpc) is 3.14. The van der Waals surface area contributed by atoms with E-state index in [0.717, 1.165) is 0 Å². The second-order valence-electron chi connectivity index (χ2n) is 7.66. The molecule has 0 fully saturated rings. The Morgan fingerprint density at radius 3 is 2.64 bits per heavy atom. The zero-order chi connectivity index (χ0) is 24.4. The highest BCUT2D eigenvalue weighted by molar-refractivity contribution is 7.91. The normalized spacial score (nSPS) is 17.5. The zero-order valence-electron chi connectivity index (χ0n) is 18.7. The Morgan fingerprint density at radius 1 is 1.27 bits per heavy atom. The van der Waals surface area contributed by atoms with Gasteiger partial charge in [-0.15, -0.1) is 0 Å². The van der Waals surface area contributed by atoms with Gasteiger partial charge in [-0.2, -0.15) is 13.5 Å². The summed E-state index contributed by atoms with van der Waals surface area (Å²) >= 11 is 0. The van der Waals surface area contributed by atoms with Crippen molar-refractivity contribution in [3.05, 3.63) is 40.6 Å². The third-order valence-electron chi connectivity index (χ3n) is 5.42. The molecular formula is C21H27FN2O7S2. The number of benzene rings is 1. The van der Waals surface area contributed by atoms with Crippen molar-refractivity contribution in [2.24, 2.45) is 0 Å². The maximum absolute atomic E-state index is 13.5. The Hall–Kier alpha value is -2.31. The second-order valence-corrected chi connectivity index (χ2v) is 11.4. The quantitative estimate of drug-likeness (QED) is 0.359. The molecule has 33 heavy (non-hydrogen) atoms. The van der Waals surface area contributed by atoms with Crippen LogP contribution in [-0.4, -0.2) is 57.2 Å². The first kappa shape index (κ1) is 25.3. The molecule has 0 amide bonds. The van der Waals surface area contributed by atoms with Crippen molar-refractivity contribution in [1.29, 1.82) is 0 Å². The zero-order valence-corrected chi connectivity index (χ0v) is 20.3. The van der Waals surface area contributed by atoms with Gasteiger partial charge in [0.15, 0.2) is 15.6 Å². The molecule has 3 rings (SSSR count). The highest BCUT2D eigenvalue weighted by Gasteiger charge is 2.35. The highest BCUT2D eigenvalue weighted by Crippen LogP contribution is 2.39. The number of fused-ring (bicyclic) bond motifs is 1. The number of ether oxygens (including phenoxy) is 1. The fourth-order valence-corrected chi connectivity index (χ4v) is 6.53. The van der Waals surface area contributed by atoms with Gasteiger partial charge in [0.1, 0.15) is 12.2 Å². The number of hydrogen-bond donors (Lipinski definition) is 0. The number of ketones is 1. The van der Waals surface area contributed by atoms with Crippen molar-refractivity contribution in [2.75, 3.05) is 24.8 Å². The van der Waals surface area contributed by atoms with Crippen molar-refractivity contribution in [3.8, 4) is 5.88 Å². The molecule has 0 bridgehead atoms. The lowest BCUT2D eigenvalue weighted by Crippen LogP contribution is -2.24. The molecule has 0 saturated heterocycles. The molecule has 9 nitrogen and oxygen atoms in total. The number of sulfone groups is 1. The van der Waals surface area contributed by atoms with Gasteiger partial charge in [-0.05, 0) is 44.4 Å². The molecule has 1 aliphatic rings. The molecule has 1 aliphatic heterocycles. The van der Waals surface area contributed by atoms with Gasteiger partial charge in [0, 0.05) is 17.7 Å². The van der Waals surface area contributed by atoms with Crippen LogP contribution in [0.25, 0.3) is 0 Å². The van der Waals surface area contributed by atoms with E-state index in [0.29, 0.717) is 17.5 Å². The van der Waals surface area contributed by atoms with E-state index >= 15 is 0 Å². The molecule has 1 atom stereocenters. The van der Waals surface area contributed by atoms with Crippen molar-refractivity contribution in [2.45, 2.75) is 51.2 Å². The number of carbonyl (C=O) groups is 1. The van der Waals surface area contributed by atoms with Crippen LogP contribution in [0.15, 0.2) is 23.2 Å². The fourth-order valence-electron chi connectivity index (χ4n) is 3.89. The van der Waals surface area contributed by atoms with Gasteiger partial charge in [0.25, 0.3) is 0 Å². The summed E-state index contributed by atoms with van der Waals surface area (Å²) in [6.45, 7) is 4.36. The van der Waals surface area contributed by atoms with E-state index in [4.69, 9.17) is 8.92 Å². The average molecular weight is 503 g/mol. The molecule has 1 unspecified atom stereocenters. The summed E-state index contributed by atoms with van der Waals surface area (Å²) in [7, 11) is -7.51. The minimum absolute atomic E-state index is 0.0536. The number of halogens is 1. The summed E-state index contributed by atoms with van der Waals surface area (Å²) in [4.78, 5) is 13.5. The molecule has 0 N–H and O–H groups in total. The first-order valence-electron chi connectivity index (χ1n) is 10.6. The molecule has 0 radical (unpaired) electrons. The van der Waals surface area contributed by atoms with Crippen LogP contribution in [0.2, 0.25) is 0 Å².